The SMILES string of the molecule is Cn1cc(Br)cc1C(=O)NC(C(=O)O)C(O)c1ccncc1. The number of hydrogen-bond acceptors (Lipinski definition) is 4. The van der Waals surface area contributed by atoms with Crippen molar-refractivity contribution >= 4 is 27.8 Å². The van der Waals surface area contributed by atoms with Crippen LogP contribution >= 0.6 is 15.9 Å². The molecule has 2 heterocycles. The molecule has 0 spiro atoms. The van der Waals surface area contributed by atoms with Gasteiger partial charge in [0.15, 0.2) is 6.04 Å². The Hall–Kier alpha value is -2.19. The monoisotopic (exact) mass is 367 g/mol. The molecule has 2 unspecified atom stereocenters. The molecule has 8 heteroatoms. The lowest BCUT2D eigenvalue weighted by molar-refractivity contribution is -0.142. The summed E-state index contributed by atoms with van der Waals surface area (Å²) >= 11 is 3.24. The Bertz CT molecular complexity index is 687. The van der Waals surface area contributed by atoms with Crippen LogP contribution in [-0.4, -0.2) is 37.7 Å². The van der Waals surface area contributed by atoms with Crippen molar-refractivity contribution in [3.8, 4) is 0 Å². The Morgan fingerprint density at radius 1 is 1.36 bits per heavy atom. The summed E-state index contributed by atoms with van der Waals surface area (Å²) in [6.45, 7) is 0. The number of carboxylic acid groups (broad SMARTS) is 1. The molecule has 0 aromatic carbocycles. The van der Waals surface area contributed by atoms with Crippen LogP contribution in [0, 0.1) is 0 Å². The molecule has 0 aliphatic heterocycles. The number of halogens is 1. The number of carboxylic acids is 1. The molecule has 2 rings (SSSR count). The lowest BCUT2D eigenvalue weighted by Crippen LogP contribution is -2.45. The normalized spacial score (nSPS) is 13.4. The molecule has 1 amide bonds. The van der Waals surface area contributed by atoms with Crippen molar-refractivity contribution in [1.82, 2.24) is 14.9 Å². The van der Waals surface area contributed by atoms with Gasteiger partial charge < -0.3 is 20.1 Å². The Morgan fingerprint density at radius 2 is 2.00 bits per heavy atom. The summed E-state index contributed by atoms with van der Waals surface area (Å²) < 4.78 is 2.25. The molecule has 0 saturated carbocycles. The maximum atomic E-state index is 12.2. The fourth-order valence-corrected chi connectivity index (χ4v) is 2.52. The molecule has 3 N–H and O–H groups in total. The van der Waals surface area contributed by atoms with Gasteiger partial charge in [-0.1, -0.05) is 0 Å². The topological polar surface area (TPSA) is 104 Å². The summed E-state index contributed by atoms with van der Waals surface area (Å²) in [5.74, 6) is -1.92. The molecule has 2 atom stereocenters. The van der Waals surface area contributed by atoms with Crippen LogP contribution in [0.4, 0.5) is 0 Å². The summed E-state index contributed by atoms with van der Waals surface area (Å²) in [7, 11) is 1.66. The number of amides is 1. The molecule has 2 aromatic heterocycles. The molecule has 2 aromatic rings. The standard InChI is InChI=1S/C14H14BrN3O4/c1-18-7-9(15)6-10(18)13(20)17-11(14(21)22)12(19)8-2-4-16-5-3-8/h2-7,11-12,19H,1H3,(H,17,20)(H,21,22). The van der Waals surface area contributed by atoms with Gasteiger partial charge in [0, 0.05) is 30.1 Å². The van der Waals surface area contributed by atoms with E-state index in [1.54, 1.807) is 23.9 Å². The summed E-state index contributed by atoms with van der Waals surface area (Å²) in [5.41, 5.74) is 0.635. The first kappa shape index (κ1) is 16.2. The zero-order valence-corrected chi connectivity index (χ0v) is 13.2. The number of pyridine rings is 1. The summed E-state index contributed by atoms with van der Waals surface area (Å²) in [6, 6.07) is 3.08. The van der Waals surface area contributed by atoms with E-state index in [1.807, 2.05) is 0 Å². The van der Waals surface area contributed by atoms with Crippen LogP contribution in [-0.2, 0) is 11.8 Å². The first-order valence-electron chi connectivity index (χ1n) is 6.33. The van der Waals surface area contributed by atoms with Gasteiger partial charge >= 0.3 is 5.97 Å². The van der Waals surface area contributed by atoms with Crippen LogP contribution in [0.25, 0.3) is 0 Å². The van der Waals surface area contributed by atoms with Crippen molar-refractivity contribution in [3.05, 3.63) is 52.5 Å². The fourth-order valence-electron chi connectivity index (χ4n) is 1.99. The predicted molar refractivity (Wildman–Crippen MR) is 81.2 cm³/mol. The molecule has 0 aliphatic rings. The molecule has 22 heavy (non-hydrogen) atoms. The predicted octanol–water partition coefficient (Wildman–Crippen LogP) is 1.10. The number of nitrogens with one attached hydrogen (secondary N) is 1. The third-order valence-electron chi connectivity index (χ3n) is 3.12. The second-order valence-corrected chi connectivity index (χ2v) is 5.58. The molecule has 0 aliphatic carbocycles. The minimum absolute atomic E-state index is 0.278. The number of nitrogens with zero attached hydrogens (tertiary/aromatic N) is 2. The van der Waals surface area contributed by atoms with Crippen molar-refractivity contribution in [3.63, 3.8) is 0 Å². The maximum Gasteiger partial charge on any atom is 0.329 e. The van der Waals surface area contributed by atoms with E-state index in [-0.39, 0.29) is 5.69 Å². The first-order valence-corrected chi connectivity index (χ1v) is 7.13. The van der Waals surface area contributed by atoms with Crippen molar-refractivity contribution < 1.29 is 19.8 Å². The quantitative estimate of drug-likeness (QED) is 0.733. The minimum atomic E-state index is -1.47. The molecule has 0 fully saturated rings. The molecule has 0 radical (unpaired) electrons. The van der Waals surface area contributed by atoms with E-state index in [9.17, 15) is 19.8 Å². The number of aryl methyl sites for hydroxylation is 1. The number of aliphatic hydroxyl groups excluding tert-OH is 1. The van der Waals surface area contributed by atoms with Crippen LogP contribution in [0.1, 0.15) is 22.2 Å². The number of aliphatic hydroxyl groups is 1. The minimum Gasteiger partial charge on any atom is -0.480 e. The summed E-state index contributed by atoms with van der Waals surface area (Å²) in [6.07, 6.45) is 3.17. The van der Waals surface area contributed by atoms with Gasteiger partial charge in [0.25, 0.3) is 5.91 Å². The van der Waals surface area contributed by atoms with E-state index in [2.05, 4.69) is 26.2 Å². The van der Waals surface area contributed by atoms with Crippen molar-refractivity contribution in [2.75, 3.05) is 0 Å². The van der Waals surface area contributed by atoms with Gasteiger partial charge in [-0.3, -0.25) is 9.78 Å². The maximum absolute atomic E-state index is 12.2. The lowest BCUT2D eigenvalue weighted by Gasteiger charge is -2.20. The van der Waals surface area contributed by atoms with E-state index in [4.69, 9.17) is 0 Å². The van der Waals surface area contributed by atoms with Crippen molar-refractivity contribution in [1.29, 1.82) is 0 Å². The highest BCUT2D eigenvalue weighted by molar-refractivity contribution is 9.10. The molecule has 0 saturated heterocycles. The Morgan fingerprint density at radius 3 is 2.50 bits per heavy atom. The van der Waals surface area contributed by atoms with Gasteiger partial charge in [-0.25, -0.2) is 4.79 Å². The molecular formula is C14H14BrN3O4. The second-order valence-electron chi connectivity index (χ2n) is 4.67. The van der Waals surface area contributed by atoms with E-state index in [0.717, 1.165) is 0 Å². The molecular weight excluding hydrogens is 354 g/mol. The highest BCUT2D eigenvalue weighted by Gasteiger charge is 2.30. The zero-order chi connectivity index (χ0) is 16.3. The van der Waals surface area contributed by atoms with E-state index in [1.165, 1.54) is 24.5 Å². The number of carbonyl (C=O) groups excluding carboxylic acids is 1. The van der Waals surface area contributed by atoms with Crippen LogP contribution in [0.2, 0.25) is 0 Å². The second kappa shape index (κ2) is 6.71. The van der Waals surface area contributed by atoms with Crippen molar-refractivity contribution in [2.45, 2.75) is 12.1 Å². The zero-order valence-electron chi connectivity index (χ0n) is 11.6. The van der Waals surface area contributed by atoms with Gasteiger partial charge in [-0.15, -0.1) is 0 Å². The average molecular weight is 368 g/mol. The number of carbonyl (C=O) groups is 2. The summed E-state index contributed by atoms with van der Waals surface area (Å²) in [5, 5.41) is 21.8. The van der Waals surface area contributed by atoms with E-state index < -0.39 is 24.0 Å². The smallest absolute Gasteiger partial charge is 0.329 e. The van der Waals surface area contributed by atoms with Gasteiger partial charge in [0.05, 0.1) is 0 Å². The molecule has 116 valence electrons. The number of hydrogen-bond donors (Lipinski definition) is 3. The highest BCUT2D eigenvalue weighted by Crippen LogP contribution is 2.18. The third kappa shape index (κ3) is 3.52. The first-order chi connectivity index (χ1) is 10.4. The Labute approximate surface area is 134 Å². The van der Waals surface area contributed by atoms with Crippen LogP contribution in [0.5, 0.6) is 0 Å². The largest absolute Gasteiger partial charge is 0.480 e. The third-order valence-corrected chi connectivity index (χ3v) is 3.55. The van der Waals surface area contributed by atoms with Crippen molar-refractivity contribution in [2.24, 2.45) is 7.05 Å². The Kier molecular flexibility index (Phi) is 4.94. The fraction of sp³-hybridized carbons (Fsp3) is 0.214. The van der Waals surface area contributed by atoms with Gasteiger partial charge in [0.1, 0.15) is 11.8 Å². The van der Waals surface area contributed by atoms with E-state index >= 15 is 0 Å². The number of aromatic nitrogens is 2. The lowest BCUT2D eigenvalue weighted by atomic mass is 10.0. The van der Waals surface area contributed by atoms with E-state index in [0.29, 0.717) is 10.0 Å². The number of rotatable bonds is 5. The van der Waals surface area contributed by atoms with Crippen LogP contribution < -0.4 is 5.32 Å². The van der Waals surface area contributed by atoms with Gasteiger partial charge in [-0.2, -0.15) is 0 Å². The van der Waals surface area contributed by atoms with Gasteiger partial charge in [-0.05, 0) is 39.7 Å². The Balaban J connectivity index is 2.21. The van der Waals surface area contributed by atoms with Crippen LogP contribution in [0.3, 0.4) is 0 Å². The average Bonchev–Trinajstić information content (AvgIpc) is 2.83. The van der Waals surface area contributed by atoms with Gasteiger partial charge in [0.2, 0.25) is 0 Å². The number of aliphatic carboxylic acids is 1. The van der Waals surface area contributed by atoms with Crippen LogP contribution in [0.15, 0.2) is 41.3 Å². The molecule has 0 bridgehead atoms. The molecule has 7 nitrogen and oxygen atoms in total. The summed E-state index contributed by atoms with van der Waals surface area (Å²) in [4.78, 5) is 27.4. The highest BCUT2D eigenvalue weighted by atomic mass is 79.9.